The third kappa shape index (κ3) is 4.23. The first-order chi connectivity index (χ1) is 12.7. The van der Waals surface area contributed by atoms with Crippen LogP contribution in [0.2, 0.25) is 5.02 Å². The molecule has 0 aliphatic heterocycles. The minimum atomic E-state index is -0.463. The van der Waals surface area contributed by atoms with Crippen LogP contribution in [0.15, 0.2) is 72.0 Å². The molecular weight excluding hydrogens is 352 g/mol. The summed E-state index contributed by atoms with van der Waals surface area (Å²) in [5.74, 6) is 0.572. The van der Waals surface area contributed by atoms with Crippen LogP contribution in [-0.4, -0.2) is 23.9 Å². The number of hydrazone groups is 1. The molecule has 0 aliphatic rings. The molecule has 132 valence electrons. The fourth-order valence-corrected chi connectivity index (χ4v) is 2.52. The number of ether oxygens (including phenoxy) is 1. The van der Waals surface area contributed by atoms with Gasteiger partial charge in [-0.05, 0) is 48.5 Å². The molecule has 2 aromatic carbocycles. The molecule has 0 radical (unpaired) electrons. The highest BCUT2D eigenvalue weighted by Crippen LogP contribution is 2.22. The molecule has 0 bridgehead atoms. The molecule has 1 aromatic heterocycles. The first-order valence-electron chi connectivity index (χ1n) is 7.84. The van der Waals surface area contributed by atoms with E-state index in [2.05, 4.69) is 15.8 Å². The minimum Gasteiger partial charge on any atom is -0.495 e. The van der Waals surface area contributed by atoms with Crippen LogP contribution in [0.1, 0.15) is 5.69 Å². The van der Waals surface area contributed by atoms with Crippen LogP contribution in [0.4, 0.5) is 10.5 Å². The summed E-state index contributed by atoms with van der Waals surface area (Å²) in [6.45, 7) is 0. The Morgan fingerprint density at radius 1 is 1.12 bits per heavy atom. The van der Waals surface area contributed by atoms with Gasteiger partial charge in [0, 0.05) is 16.9 Å². The molecule has 0 saturated carbocycles. The van der Waals surface area contributed by atoms with Crippen LogP contribution < -0.4 is 15.5 Å². The second-order valence-electron chi connectivity index (χ2n) is 5.30. The van der Waals surface area contributed by atoms with E-state index < -0.39 is 6.03 Å². The van der Waals surface area contributed by atoms with Gasteiger partial charge in [0.1, 0.15) is 5.75 Å². The van der Waals surface area contributed by atoms with Crippen molar-refractivity contribution in [1.29, 1.82) is 0 Å². The number of amides is 2. The number of aromatic nitrogens is 1. The highest BCUT2D eigenvalue weighted by molar-refractivity contribution is 6.30. The summed E-state index contributed by atoms with van der Waals surface area (Å²) < 4.78 is 7.12. The Balaban J connectivity index is 1.65. The highest BCUT2D eigenvalue weighted by Gasteiger charge is 2.06. The van der Waals surface area contributed by atoms with Crippen LogP contribution in [0.25, 0.3) is 5.69 Å². The summed E-state index contributed by atoms with van der Waals surface area (Å²) in [5, 5.41) is 7.35. The Labute approximate surface area is 156 Å². The van der Waals surface area contributed by atoms with Crippen molar-refractivity contribution >= 4 is 29.5 Å². The molecule has 2 N–H and O–H groups in total. The van der Waals surface area contributed by atoms with Gasteiger partial charge >= 0.3 is 6.03 Å². The molecular formula is C19H17ClN4O2. The monoisotopic (exact) mass is 368 g/mol. The topological polar surface area (TPSA) is 67.7 Å². The maximum absolute atomic E-state index is 12.0. The zero-order valence-electron chi connectivity index (χ0n) is 14.0. The molecule has 3 rings (SSSR count). The van der Waals surface area contributed by atoms with Crippen molar-refractivity contribution in [2.75, 3.05) is 12.4 Å². The fraction of sp³-hybridized carbons (Fsp3) is 0.0526. The van der Waals surface area contributed by atoms with Crippen molar-refractivity contribution in [3.05, 3.63) is 77.6 Å². The van der Waals surface area contributed by atoms with Crippen LogP contribution in [0.5, 0.6) is 5.75 Å². The van der Waals surface area contributed by atoms with Crippen molar-refractivity contribution in [2.24, 2.45) is 5.10 Å². The van der Waals surface area contributed by atoms with Crippen LogP contribution >= 0.6 is 11.6 Å². The number of carbonyl (C=O) groups is 1. The number of anilines is 1. The molecule has 0 fully saturated rings. The van der Waals surface area contributed by atoms with Gasteiger partial charge in [-0.1, -0.05) is 23.7 Å². The van der Waals surface area contributed by atoms with E-state index in [0.717, 1.165) is 11.4 Å². The Bertz CT molecular complexity index is 919. The van der Waals surface area contributed by atoms with Crippen molar-refractivity contribution in [2.45, 2.75) is 0 Å². The van der Waals surface area contributed by atoms with Gasteiger partial charge in [0.15, 0.2) is 0 Å². The van der Waals surface area contributed by atoms with E-state index in [9.17, 15) is 4.79 Å². The number of hydrogen-bond acceptors (Lipinski definition) is 3. The van der Waals surface area contributed by atoms with E-state index in [4.69, 9.17) is 16.3 Å². The number of methoxy groups -OCH3 is 1. The van der Waals surface area contributed by atoms with Crippen LogP contribution in [-0.2, 0) is 0 Å². The molecule has 0 atom stereocenters. The second kappa shape index (κ2) is 8.22. The smallest absolute Gasteiger partial charge is 0.339 e. The average Bonchev–Trinajstić information content (AvgIpc) is 3.11. The number of hydrogen-bond donors (Lipinski definition) is 2. The SMILES string of the molecule is COc1ccccc1NC(=O)N/N=C/c1cccn1-c1ccc(Cl)cc1. The van der Waals surface area contributed by atoms with Gasteiger partial charge in [-0.2, -0.15) is 5.10 Å². The number of nitrogens with zero attached hydrogens (tertiary/aromatic N) is 2. The van der Waals surface area contributed by atoms with E-state index in [1.807, 2.05) is 53.2 Å². The number of urea groups is 1. The van der Waals surface area contributed by atoms with Crippen LogP contribution in [0.3, 0.4) is 0 Å². The first-order valence-corrected chi connectivity index (χ1v) is 8.21. The van der Waals surface area contributed by atoms with Crippen molar-refractivity contribution < 1.29 is 9.53 Å². The fourth-order valence-electron chi connectivity index (χ4n) is 2.39. The Morgan fingerprint density at radius 3 is 2.65 bits per heavy atom. The van der Waals surface area contributed by atoms with Gasteiger partial charge < -0.3 is 14.6 Å². The summed E-state index contributed by atoms with van der Waals surface area (Å²) in [6.07, 6.45) is 3.47. The van der Waals surface area contributed by atoms with Crippen molar-refractivity contribution in [1.82, 2.24) is 9.99 Å². The summed E-state index contributed by atoms with van der Waals surface area (Å²) >= 11 is 5.92. The Hall–Kier alpha value is -3.25. The molecule has 7 heteroatoms. The molecule has 26 heavy (non-hydrogen) atoms. The number of halogens is 1. The summed E-state index contributed by atoms with van der Waals surface area (Å²) in [5.41, 5.74) is 4.75. The number of para-hydroxylation sites is 2. The molecule has 0 unspecified atom stereocenters. The van der Waals surface area contributed by atoms with E-state index >= 15 is 0 Å². The minimum absolute atomic E-state index is 0.463. The third-order valence-corrected chi connectivity index (χ3v) is 3.86. The quantitative estimate of drug-likeness (QED) is 0.521. The molecule has 0 saturated heterocycles. The Morgan fingerprint density at radius 2 is 1.88 bits per heavy atom. The van der Waals surface area contributed by atoms with Gasteiger partial charge in [-0.25, -0.2) is 10.2 Å². The van der Waals surface area contributed by atoms with E-state index in [1.54, 1.807) is 31.5 Å². The highest BCUT2D eigenvalue weighted by atomic mass is 35.5. The first kappa shape index (κ1) is 17.6. The standard InChI is InChI=1S/C19H17ClN4O2/c1-26-18-7-3-2-6-17(18)22-19(25)23-21-13-16-5-4-12-24(16)15-10-8-14(20)9-11-15/h2-13H,1H3,(H2,22,23,25)/b21-13+. The van der Waals surface area contributed by atoms with Gasteiger partial charge in [0.25, 0.3) is 0 Å². The van der Waals surface area contributed by atoms with Crippen LogP contribution in [0, 0.1) is 0 Å². The van der Waals surface area contributed by atoms with Gasteiger partial charge in [-0.3, -0.25) is 0 Å². The third-order valence-electron chi connectivity index (χ3n) is 3.60. The molecule has 3 aromatic rings. The number of carbonyl (C=O) groups excluding carboxylic acids is 1. The van der Waals surface area contributed by atoms with Crippen molar-refractivity contribution in [3.8, 4) is 11.4 Å². The van der Waals surface area contributed by atoms with Gasteiger partial charge in [0.05, 0.1) is 24.7 Å². The van der Waals surface area contributed by atoms with E-state index in [-0.39, 0.29) is 0 Å². The largest absolute Gasteiger partial charge is 0.495 e. The second-order valence-corrected chi connectivity index (χ2v) is 5.74. The lowest BCUT2D eigenvalue weighted by atomic mass is 10.3. The lowest BCUT2D eigenvalue weighted by molar-refractivity contribution is 0.252. The predicted octanol–water partition coefficient (Wildman–Crippen LogP) is 4.29. The molecule has 6 nitrogen and oxygen atoms in total. The maximum atomic E-state index is 12.0. The maximum Gasteiger partial charge on any atom is 0.339 e. The van der Waals surface area contributed by atoms with E-state index in [1.165, 1.54) is 0 Å². The Kier molecular flexibility index (Phi) is 5.56. The average molecular weight is 369 g/mol. The van der Waals surface area contributed by atoms with Gasteiger partial charge in [0.2, 0.25) is 0 Å². The van der Waals surface area contributed by atoms with Gasteiger partial charge in [-0.15, -0.1) is 0 Å². The summed E-state index contributed by atoms with van der Waals surface area (Å²) in [6, 6.07) is 17.9. The number of rotatable bonds is 5. The molecule has 2 amide bonds. The molecule has 0 aliphatic carbocycles. The number of nitrogens with one attached hydrogen (secondary N) is 2. The zero-order chi connectivity index (χ0) is 18.4. The lowest BCUT2D eigenvalue weighted by Gasteiger charge is -2.09. The predicted molar refractivity (Wildman–Crippen MR) is 104 cm³/mol. The summed E-state index contributed by atoms with van der Waals surface area (Å²) in [7, 11) is 1.54. The molecule has 1 heterocycles. The summed E-state index contributed by atoms with van der Waals surface area (Å²) in [4.78, 5) is 12.0. The zero-order valence-corrected chi connectivity index (χ0v) is 14.8. The number of benzene rings is 2. The lowest BCUT2D eigenvalue weighted by Crippen LogP contribution is -2.24. The normalized spacial score (nSPS) is 10.7. The van der Waals surface area contributed by atoms with E-state index in [0.29, 0.717) is 16.5 Å². The molecule has 0 spiro atoms. The van der Waals surface area contributed by atoms with Crippen molar-refractivity contribution in [3.63, 3.8) is 0 Å².